The summed E-state index contributed by atoms with van der Waals surface area (Å²) in [4.78, 5) is 0. The molecule has 0 aromatic heterocycles. The zero-order valence-electron chi connectivity index (χ0n) is 7.60. The molecule has 58 valence electrons. The molecular formula is C9H17N. The maximum atomic E-state index is 8.67. The quantitative estimate of drug-likeness (QED) is 0.577. The van der Waals surface area contributed by atoms with Crippen LogP contribution in [0.4, 0.5) is 0 Å². The second kappa shape index (κ2) is 3.05. The summed E-state index contributed by atoms with van der Waals surface area (Å²) in [6, 6.07) is 2.29. The minimum atomic E-state index is 0.146. The van der Waals surface area contributed by atoms with Gasteiger partial charge in [-0.1, -0.05) is 27.7 Å². The van der Waals surface area contributed by atoms with Crippen molar-refractivity contribution in [2.75, 3.05) is 0 Å². The minimum absolute atomic E-state index is 0.146. The van der Waals surface area contributed by atoms with Crippen LogP contribution in [0.3, 0.4) is 0 Å². The van der Waals surface area contributed by atoms with Crippen LogP contribution in [-0.2, 0) is 0 Å². The summed E-state index contributed by atoms with van der Waals surface area (Å²) in [6.07, 6.45) is 0. The molecule has 0 aromatic rings. The van der Waals surface area contributed by atoms with E-state index >= 15 is 0 Å². The Kier molecular flexibility index (Phi) is 2.90. The number of hydrogen-bond donors (Lipinski definition) is 0. The van der Waals surface area contributed by atoms with E-state index in [0.29, 0.717) is 5.92 Å². The lowest BCUT2D eigenvalue weighted by molar-refractivity contribution is 0.190. The van der Waals surface area contributed by atoms with E-state index in [-0.39, 0.29) is 11.3 Å². The molecule has 0 heterocycles. The molecule has 0 fully saturated rings. The SMILES string of the molecule is CC(C)C(C)(C)C(C)C#N. The van der Waals surface area contributed by atoms with Crippen molar-refractivity contribution < 1.29 is 0 Å². The molecule has 0 aromatic carbocycles. The summed E-state index contributed by atoms with van der Waals surface area (Å²) in [7, 11) is 0. The van der Waals surface area contributed by atoms with Crippen molar-refractivity contribution in [1.82, 2.24) is 0 Å². The zero-order chi connectivity index (χ0) is 8.36. The Morgan fingerprint density at radius 3 is 1.70 bits per heavy atom. The topological polar surface area (TPSA) is 23.8 Å². The highest BCUT2D eigenvalue weighted by Crippen LogP contribution is 2.33. The van der Waals surface area contributed by atoms with Gasteiger partial charge in [0.1, 0.15) is 0 Å². The number of rotatable bonds is 2. The maximum Gasteiger partial charge on any atom is 0.0658 e. The Hall–Kier alpha value is -0.510. The summed E-state index contributed by atoms with van der Waals surface area (Å²) in [5.41, 5.74) is 0.148. The van der Waals surface area contributed by atoms with Gasteiger partial charge in [0.15, 0.2) is 0 Å². The highest BCUT2D eigenvalue weighted by Gasteiger charge is 2.28. The highest BCUT2D eigenvalue weighted by molar-refractivity contribution is 4.91. The van der Waals surface area contributed by atoms with E-state index in [1.165, 1.54) is 0 Å². The van der Waals surface area contributed by atoms with Crippen LogP contribution >= 0.6 is 0 Å². The summed E-state index contributed by atoms with van der Waals surface area (Å²) >= 11 is 0. The third kappa shape index (κ3) is 1.73. The smallest absolute Gasteiger partial charge is 0.0658 e. The predicted molar refractivity (Wildman–Crippen MR) is 43.4 cm³/mol. The molecule has 0 aliphatic rings. The van der Waals surface area contributed by atoms with Crippen LogP contribution in [0.1, 0.15) is 34.6 Å². The molecule has 1 heteroatoms. The molecule has 1 unspecified atom stereocenters. The van der Waals surface area contributed by atoms with Crippen LogP contribution in [0, 0.1) is 28.6 Å². The van der Waals surface area contributed by atoms with E-state index in [9.17, 15) is 0 Å². The average molecular weight is 139 g/mol. The molecule has 1 atom stereocenters. The van der Waals surface area contributed by atoms with Gasteiger partial charge in [0, 0.05) is 5.92 Å². The molecule has 0 rings (SSSR count). The Morgan fingerprint density at radius 2 is 1.60 bits per heavy atom. The van der Waals surface area contributed by atoms with E-state index in [1.807, 2.05) is 6.92 Å². The second-order valence-corrected chi connectivity index (χ2v) is 3.83. The molecule has 0 aliphatic heterocycles. The molecule has 10 heavy (non-hydrogen) atoms. The standard InChI is InChI=1S/C9H17N/c1-7(2)9(4,5)8(3)6-10/h7-8H,1-5H3. The van der Waals surface area contributed by atoms with Crippen molar-refractivity contribution in [3.05, 3.63) is 0 Å². The first kappa shape index (κ1) is 9.49. The fourth-order valence-corrected chi connectivity index (χ4v) is 0.666. The van der Waals surface area contributed by atoms with Crippen molar-refractivity contribution in [1.29, 1.82) is 5.26 Å². The Balaban J connectivity index is 4.27. The summed E-state index contributed by atoms with van der Waals surface area (Å²) in [5, 5.41) is 8.67. The maximum absolute atomic E-state index is 8.67. The first-order valence-electron chi connectivity index (χ1n) is 3.82. The van der Waals surface area contributed by atoms with Crippen LogP contribution < -0.4 is 0 Å². The monoisotopic (exact) mass is 139 g/mol. The molecule has 0 amide bonds. The van der Waals surface area contributed by atoms with Gasteiger partial charge in [-0.25, -0.2) is 0 Å². The molecule has 0 aliphatic carbocycles. The predicted octanol–water partition coefficient (Wildman–Crippen LogP) is 2.83. The van der Waals surface area contributed by atoms with Crippen LogP contribution in [-0.4, -0.2) is 0 Å². The van der Waals surface area contributed by atoms with Crippen LogP contribution in [0.15, 0.2) is 0 Å². The van der Waals surface area contributed by atoms with Gasteiger partial charge in [0.05, 0.1) is 6.07 Å². The largest absolute Gasteiger partial charge is 0.198 e. The molecular weight excluding hydrogens is 122 g/mol. The lowest BCUT2D eigenvalue weighted by Gasteiger charge is -2.31. The van der Waals surface area contributed by atoms with E-state index in [2.05, 4.69) is 33.8 Å². The van der Waals surface area contributed by atoms with Gasteiger partial charge in [-0.2, -0.15) is 5.26 Å². The van der Waals surface area contributed by atoms with Gasteiger partial charge in [0.2, 0.25) is 0 Å². The second-order valence-electron chi connectivity index (χ2n) is 3.83. The fourth-order valence-electron chi connectivity index (χ4n) is 0.666. The van der Waals surface area contributed by atoms with Gasteiger partial charge in [-0.05, 0) is 18.3 Å². The Morgan fingerprint density at radius 1 is 1.20 bits per heavy atom. The molecule has 0 saturated carbocycles. The summed E-state index contributed by atoms with van der Waals surface area (Å²) in [6.45, 7) is 10.6. The first-order valence-corrected chi connectivity index (χ1v) is 3.82. The highest BCUT2D eigenvalue weighted by atomic mass is 14.4. The van der Waals surface area contributed by atoms with Gasteiger partial charge in [0.25, 0.3) is 0 Å². The number of nitrogens with zero attached hydrogens (tertiary/aromatic N) is 1. The van der Waals surface area contributed by atoms with Crippen molar-refractivity contribution in [3.63, 3.8) is 0 Å². The van der Waals surface area contributed by atoms with Gasteiger partial charge >= 0.3 is 0 Å². The third-order valence-electron chi connectivity index (χ3n) is 2.80. The minimum Gasteiger partial charge on any atom is -0.198 e. The number of nitriles is 1. The fraction of sp³-hybridized carbons (Fsp3) is 0.889. The first-order chi connectivity index (χ1) is 4.42. The van der Waals surface area contributed by atoms with E-state index in [1.54, 1.807) is 0 Å². The third-order valence-corrected chi connectivity index (χ3v) is 2.80. The van der Waals surface area contributed by atoms with Crippen molar-refractivity contribution in [3.8, 4) is 6.07 Å². The lowest BCUT2D eigenvalue weighted by Crippen LogP contribution is -2.26. The molecule has 0 radical (unpaired) electrons. The summed E-state index contributed by atoms with van der Waals surface area (Å²) < 4.78 is 0. The van der Waals surface area contributed by atoms with Gasteiger partial charge in [-0.15, -0.1) is 0 Å². The van der Waals surface area contributed by atoms with Crippen LogP contribution in [0.25, 0.3) is 0 Å². The Labute approximate surface area is 64.1 Å². The van der Waals surface area contributed by atoms with Crippen molar-refractivity contribution >= 4 is 0 Å². The van der Waals surface area contributed by atoms with E-state index < -0.39 is 0 Å². The van der Waals surface area contributed by atoms with E-state index in [4.69, 9.17) is 5.26 Å². The van der Waals surface area contributed by atoms with Gasteiger partial charge in [-0.3, -0.25) is 0 Å². The van der Waals surface area contributed by atoms with Crippen molar-refractivity contribution in [2.45, 2.75) is 34.6 Å². The molecule has 0 saturated heterocycles. The molecule has 0 spiro atoms. The van der Waals surface area contributed by atoms with Crippen LogP contribution in [0.2, 0.25) is 0 Å². The van der Waals surface area contributed by atoms with Crippen LogP contribution in [0.5, 0.6) is 0 Å². The average Bonchev–Trinajstić information content (AvgIpc) is 1.86. The summed E-state index contributed by atoms with van der Waals surface area (Å²) in [5.74, 6) is 0.717. The van der Waals surface area contributed by atoms with E-state index in [0.717, 1.165) is 0 Å². The molecule has 1 nitrogen and oxygen atoms in total. The van der Waals surface area contributed by atoms with Gasteiger partial charge < -0.3 is 0 Å². The molecule has 0 bridgehead atoms. The zero-order valence-corrected chi connectivity index (χ0v) is 7.60. The lowest BCUT2D eigenvalue weighted by atomic mass is 9.72. The Bertz CT molecular complexity index is 139. The van der Waals surface area contributed by atoms with Crippen molar-refractivity contribution in [2.24, 2.45) is 17.3 Å². The number of hydrogen-bond acceptors (Lipinski definition) is 1. The normalized spacial score (nSPS) is 14.9. The molecule has 0 N–H and O–H groups in total.